The molecule has 0 aliphatic heterocycles. The van der Waals surface area contributed by atoms with Crippen LogP contribution in [0.2, 0.25) is 0 Å². The lowest BCUT2D eigenvalue weighted by Crippen LogP contribution is -2.34. The van der Waals surface area contributed by atoms with E-state index in [9.17, 15) is 14.0 Å². The second kappa shape index (κ2) is 11.0. The van der Waals surface area contributed by atoms with Gasteiger partial charge in [0.25, 0.3) is 5.91 Å². The maximum Gasteiger partial charge on any atom is 0.341 e. The molecule has 8 heteroatoms. The SMILES string of the molecule is CCOc1ccc(CN(CC)C(=O)COC(=O)c2ccc(OC)cc2F)cc1OC. The van der Waals surface area contributed by atoms with Gasteiger partial charge in [0.1, 0.15) is 11.6 Å². The molecule has 0 unspecified atom stereocenters. The third kappa shape index (κ3) is 5.85. The van der Waals surface area contributed by atoms with E-state index in [1.807, 2.05) is 19.9 Å². The number of nitrogens with zero attached hydrogens (tertiary/aromatic N) is 1. The Hall–Kier alpha value is -3.29. The third-order valence-corrected chi connectivity index (χ3v) is 4.36. The van der Waals surface area contributed by atoms with Crippen LogP contribution in [0.3, 0.4) is 0 Å². The molecule has 0 atom stereocenters. The Morgan fingerprint density at radius 1 is 1.00 bits per heavy atom. The fraction of sp³-hybridized carbons (Fsp3) is 0.364. The van der Waals surface area contributed by atoms with Gasteiger partial charge in [0.15, 0.2) is 18.1 Å². The number of hydrogen-bond donors (Lipinski definition) is 0. The molecule has 0 aliphatic rings. The molecule has 162 valence electrons. The predicted molar refractivity (Wildman–Crippen MR) is 108 cm³/mol. The van der Waals surface area contributed by atoms with Crippen molar-refractivity contribution >= 4 is 11.9 Å². The first-order valence-corrected chi connectivity index (χ1v) is 9.51. The highest BCUT2D eigenvalue weighted by Gasteiger charge is 2.19. The van der Waals surface area contributed by atoms with Gasteiger partial charge in [-0.05, 0) is 43.7 Å². The second-order valence-electron chi connectivity index (χ2n) is 6.25. The molecule has 0 bridgehead atoms. The highest BCUT2D eigenvalue weighted by atomic mass is 19.1. The van der Waals surface area contributed by atoms with E-state index in [1.165, 1.54) is 24.1 Å². The van der Waals surface area contributed by atoms with Crippen LogP contribution in [0.15, 0.2) is 36.4 Å². The molecule has 0 aliphatic carbocycles. The molecule has 7 nitrogen and oxygen atoms in total. The largest absolute Gasteiger partial charge is 0.497 e. The van der Waals surface area contributed by atoms with Gasteiger partial charge in [0.05, 0.1) is 26.4 Å². The van der Waals surface area contributed by atoms with Crippen LogP contribution >= 0.6 is 0 Å². The van der Waals surface area contributed by atoms with Gasteiger partial charge in [-0.25, -0.2) is 9.18 Å². The number of likely N-dealkylation sites (N-methyl/N-ethyl adjacent to an activating group) is 1. The topological polar surface area (TPSA) is 74.3 Å². The van der Waals surface area contributed by atoms with E-state index in [0.717, 1.165) is 11.6 Å². The summed E-state index contributed by atoms with van der Waals surface area (Å²) in [7, 11) is 2.94. The van der Waals surface area contributed by atoms with Crippen LogP contribution in [0.25, 0.3) is 0 Å². The molecule has 0 aromatic heterocycles. The second-order valence-corrected chi connectivity index (χ2v) is 6.25. The minimum absolute atomic E-state index is 0.261. The molecule has 0 radical (unpaired) electrons. The van der Waals surface area contributed by atoms with Crippen LogP contribution in [-0.4, -0.2) is 50.8 Å². The Morgan fingerprint density at radius 3 is 2.37 bits per heavy atom. The molecule has 1 amide bonds. The Bertz CT molecular complexity index is 886. The van der Waals surface area contributed by atoms with Gasteiger partial charge in [-0.2, -0.15) is 0 Å². The lowest BCUT2D eigenvalue weighted by molar-refractivity contribution is -0.135. The first-order valence-electron chi connectivity index (χ1n) is 9.51. The van der Waals surface area contributed by atoms with Crippen molar-refractivity contribution in [3.8, 4) is 17.2 Å². The summed E-state index contributed by atoms with van der Waals surface area (Å²) in [5, 5.41) is 0. The third-order valence-electron chi connectivity index (χ3n) is 4.36. The smallest absolute Gasteiger partial charge is 0.341 e. The van der Waals surface area contributed by atoms with Gasteiger partial charge < -0.3 is 23.8 Å². The van der Waals surface area contributed by atoms with Crippen molar-refractivity contribution in [2.24, 2.45) is 0 Å². The highest BCUT2D eigenvalue weighted by molar-refractivity contribution is 5.91. The first-order chi connectivity index (χ1) is 14.4. The minimum atomic E-state index is -0.915. The Balaban J connectivity index is 2.00. The molecular formula is C22H26FNO6. The van der Waals surface area contributed by atoms with Crippen LogP contribution in [0.5, 0.6) is 17.2 Å². The predicted octanol–water partition coefficient (Wildman–Crippen LogP) is 3.45. The summed E-state index contributed by atoms with van der Waals surface area (Å²) in [6.45, 7) is 4.41. The van der Waals surface area contributed by atoms with Crippen LogP contribution in [-0.2, 0) is 16.1 Å². The number of esters is 1. The van der Waals surface area contributed by atoms with Crippen molar-refractivity contribution in [1.29, 1.82) is 0 Å². The summed E-state index contributed by atoms with van der Waals surface area (Å²) in [5.74, 6) is -0.619. The van der Waals surface area contributed by atoms with E-state index in [-0.39, 0.29) is 11.3 Å². The molecule has 0 spiro atoms. The van der Waals surface area contributed by atoms with Gasteiger partial charge in [-0.15, -0.1) is 0 Å². The first kappa shape index (κ1) is 23.0. The van der Waals surface area contributed by atoms with Crippen molar-refractivity contribution in [1.82, 2.24) is 4.90 Å². The molecule has 2 aromatic carbocycles. The number of carbonyl (C=O) groups is 2. The number of amides is 1. The molecule has 0 fully saturated rings. The van der Waals surface area contributed by atoms with Crippen molar-refractivity contribution in [3.63, 3.8) is 0 Å². The standard InChI is InChI=1S/C22H26FNO6/c1-5-24(13-15-7-10-19(29-6-2)20(11-15)28-4)21(25)14-30-22(26)17-9-8-16(27-3)12-18(17)23/h7-12H,5-6,13-14H2,1-4H3. The zero-order valence-corrected chi connectivity index (χ0v) is 17.6. The van der Waals surface area contributed by atoms with Crippen molar-refractivity contribution < 1.29 is 32.9 Å². The zero-order valence-electron chi connectivity index (χ0n) is 17.6. The monoisotopic (exact) mass is 419 g/mol. The van der Waals surface area contributed by atoms with Gasteiger partial charge >= 0.3 is 5.97 Å². The minimum Gasteiger partial charge on any atom is -0.497 e. The van der Waals surface area contributed by atoms with E-state index in [0.29, 0.717) is 31.2 Å². The van der Waals surface area contributed by atoms with E-state index in [4.69, 9.17) is 18.9 Å². The number of hydrogen-bond acceptors (Lipinski definition) is 6. The van der Waals surface area contributed by atoms with Crippen molar-refractivity contribution in [2.75, 3.05) is 34.0 Å². The number of carbonyl (C=O) groups excluding carboxylic acids is 2. The average molecular weight is 419 g/mol. The van der Waals surface area contributed by atoms with E-state index in [2.05, 4.69) is 0 Å². The summed E-state index contributed by atoms with van der Waals surface area (Å²) in [6, 6.07) is 9.18. The number of halogens is 1. The average Bonchev–Trinajstić information content (AvgIpc) is 2.76. The molecular weight excluding hydrogens is 393 g/mol. The lowest BCUT2D eigenvalue weighted by Gasteiger charge is -2.21. The highest BCUT2D eigenvalue weighted by Crippen LogP contribution is 2.28. The van der Waals surface area contributed by atoms with E-state index in [1.54, 1.807) is 19.2 Å². The van der Waals surface area contributed by atoms with E-state index < -0.39 is 24.3 Å². The Kier molecular flexibility index (Phi) is 8.46. The van der Waals surface area contributed by atoms with Crippen LogP contribution < -0.4 is 14.2 Å². The molecule has 0 saturated carbocycles. The maximum absolute atomic E-state index is 14.0. The van der Waals surface area contributed by atoms with Crippen LogP contribution in [0.1, 0.15) is 29.8 Å². The van der Waals surface area contributed by atoms with Gasteiger partial charge in [-0.1, -0.05) is 6.07 Å². The maximum atomic E-state index is 14.0. The molecule has 0 N–H and O–H groups in total. The summed E-state index contributed by atoms with van der Waals surface area (Å²) in [6.07, 6.45) is 0. The zero-order chi connectivity index (χ0) is 22.1. The number of ether oxygens (including phenoxy) is 4. The molecule has 2 aromatic rings. The van der Waals surface area contributed by atoms with Crippen LogP contribution in [0, 0.1) is 5.82 Å². The molecule has 30 heavy (non-hydrogen) atoms. The summed E-state index contributed by atoms with van der Waals surface area (Å²) in [4.78, 5) is 26.1. The Morgan fingerprint density at radius 2 is 1.77 bits per heavy atom. The fourth-order valence-corrected chi connectivity index (χ4v) is 2.77. The summed E-state index contributed by atoms with van der Waals surface area (Å²) in [5.41, 5.74) is 0.570. The van der Waals surface area contributed by atoms with Gasteiger partial charge in [0.2, 0.25) is 0 Å². The van der Waals surface area contributed by atoms with Crippen LogP contribution in [0.4, 0.5) is 4.39 Å². The molecule has 0 saturated heterocycles. The number of methoxy groups -OCH3 is 2. The lowest BCUT2D eigenvalue weighted by atomic mass is 10.2. The quantitative estimate of drug-likeness (QED) is 0.549. The van der Waals surface area contributed by atoms with Gasteiger partial charge in [-0.3, -0.25) is 4.79 Å². The number of benzene rings is 2. The molecule has 0 heterocycles. The number of rotatable bonds is 10. The van der Waals surface area contributed by atoms with Crippen molar-refractivity contribution in [2.45, 2.75) is 20.4 Å². The summed E-state index contributed by atoms with van der Waals surface area (Å²) >= 11 is 0. The Labute approximate surface area is 175 Å². The normalized spacial score (nSPS) is 10.3. The van der Waals surface area contributed by atoms with Gasteiger partial charge in [0, 0.05) is 19.2 Å². The van der Waals surface area contributed by atoms with Crippen molar-refractivity contribution in [3.05, 3.63) is 53.3 Å². The van der Waals surface area contributed by atoms with E-state index >= 15 is 0 Å². The fourth-order valence-electron chi connectivity index (χ4n) is 2.77. The molecule has 2 rings (SSSR count). The summed E-state index contributed by atoms with van der Waals surface area (Å²) < 4.78 is 34.7.